The number of anilines is 1. The molecule has 6 nitrogen and oxygen atoms in total. The number of thiophene rings is 1. The van der Waals surface area contributed by atoms with Crippen molar-refractivity contribution in [3.63, 3.8) is 0 Å². The lowest BCUT2D eigenvalue weighted by Gasteiger charge is -2.13. The summed E-state index contributed by atoms with van der Waals surface area (Å²) < 4.78 is 47.6. The van der Waals surface area contributed by atoms with Crippen molar-refractivity contribution in [3.05, 3.63) is 71.4 Å². The van der Waals surface area contributed by atoms with Gasteiger partial charge in [-0.15, -0.1) is 21.5 Å². The number of rotatable bonds is 7. The third-order valence-electron chi connectivity index (χ3n) is 4.34. The van der Waals surface area contributed by atoms with Gasteiger partial charge in [0.2, 0.25) is 5.91 Å². The number of para-hydroxylation sites is 2. The number of benzene rings is 2. The van der Waals surface area contributed by atoms with E-state index in [2.05, 4.69) is 15.5 Å². The van der Waals surface area contributed by atoms with E-state index >= 15 is 0 Å². The van der Waals surface area contributed by atoms with Gasteiger partial charge in [0.05, 0.1) is 29.1 Å². The van der Waals surface area contributed by atoms with E-state index in [9.17, 15) is 18.0 Å². The second-order valence-electron chi connectivity index (χ2n) is 6.35. The van der Waals surface area contributed by atoms with Crippen LogP contribution in [0.5, 0.6) is 5.75 Å². The maximum Gasteiger partial charge on any atom is 0.234 e. The molecule has 0 saturated heterocycles. The highest BCUT2D eigenvalue weighted by Gasteiger charge is 2.21. The quantitative estimate of drug-likeness (QED) is 0.295. The zero-order valence-electron chi connectivity index (χ0n) is 16.5. The Labute approximate surface area is 189 Å². The summed E-state index contributed by atoms with van der Waals surface area (Å²) in [6.45, 7) is 0. The van der Waals surface area contributed by atoms with Crippen LogP contribution >= 0.6 is 23.1 Å². The normalized spacial score (nSPS) is 10.9. The van der Waals surface area contributed by atoms with Crippen LogP contribution in [0.1, 0.15) is 0 Å². The van der Waals surface area contributed by atoms with Crippen molar-refractivity contribution < 1.29 is 22.7 Å². The second-order valence-corrected chi connectivity index (χ2v) is 8.24. The molecule has 32 heavy (non-hydrogen) atoms. The lowest BCUT2D eigenvalue weighted by molar-refractivity contribution is -0.113. The number of carbonyl (C=O) groups excluding carboxylic acids is 1. The maximum atomic E-state index is 13.8. The van der Waals surface area contributed by atoms with E-state index in [-0.39, 0.29) is 5.75 Å². The second kappa shape index (κ2) is 9.45. The predicted molar refractivity (Wildman–Crippen MR) is 117 cm³/mol. The van der Waals surface area contributed by atoms with E-state index in [4.69, 9.17) is 4.74 Å². The summed E-state index contributed by atoms with van der Waals surface area (Å²) in [5, 5.41) is 13.0. The molecule has 0 aliphatic heterocycles. The Bertz CT molecular complexity index is 1260. The summed E-state index contributed by atoms with van der Waals surface area (Å²) in [4.78, 5) is 13.2. The molecule has 4 aromatic rings. The smallest absolute Gasteiger partial charge is 0.234 e. The molecule has 0 radical (unpaired) electrons. The average Bonchev–Trinajstić information content (AvgIpc) is 3.48. The Morgan fingerprint density at radius 1 is 1.09 bits per heavy atom. The number of aromatic nitrogens is 3. The average molecular weight is 477 g/mol. The van der Waals surface area contributed by atoms with Gasteiger partial charge >= 0.3 is 0 Å². The van der Waals surface area contributed by atoms with Crippen LogP contribution in [-0.4, -0.2) is 33.5 Å². The number of amides is 1. The first-order valence-electron chi connectivity index (χ1n) is 9.18. The van der Waals surface area contributed by atoms with E-state index in [1.54, 1.807) is 17.7 Å². The number of nitrogens with zero attached hydrogens (tertiary/aromatic N) is 3. The Balaban J connectivity index is 1.61. The SMILES string of the molecule is COc1ccccc1-n1c(SCC(=O)Nc2ccc(F)c(F)c2F)nnc1-c1cccs1. The number of carbonyl (C=O) groups is 1. The van der Waals surface area contributed by atoms with Gasteiger partial charge in [-0.1, -0.05) is 30.0 Å². The molecular formula is C21H15F3N4O2S2. The molecule has 0 saturated carbocycles. The van der Waals surface area contributed by atoms with Gasteiger partial charge in [0.25, 0.3) is 0 Å². The van der Waals surface area contributed by atoms with Crippen LogP contribution < -0.4 is 10.1 Å². The van der Waals surface area contributed by atoms with Gasteiger partial charge in [-0.25, -0.2) is 13.2 Å². The van der Waals surface area contributed by atoms with Gasteiger partial charge in [-0.2, -0.15) is 0 Å². The molecule has 11 heteroatoms. The van der Waals surface area contributed by atoms with E-state index in [1.165, 1.54) is 11.3 Å². The summed E-state index contributed by atoms with van der Waals surface area (Å²) in [6.07, 6.45) is 0. The van der Waals surface area contributed by atoms with Crippen LogP contribution in [0.15, 0.2) is 59.1 Å². The molecule has 1 amide bonds. The highest BCUT2D eigenvalue weighted by molar-refractivity contribution is 7.99. The maximum absolute atomic E-state index is 13.8. The van der Waals surface area contributed by atoms with Gasteiger partial charge in [0.1, 0.15) is 5.75 Å². The fraction of sp³-hybridized carbons (Fsp3) is 0.0952. The summed E-state index contributed by atoms with van der Waals surface area (Å²) >= 11 is 2.54. The number of halogens is 3. The Morgan fingerprint density at radius 2 is 1.91 bits per heavy atom. The minimum absolute atomic E-state index is 0.170. The summed E-state index contributed by atoms with van der Waals surface area (Å²) in [6, 6.07) is 12.8. The summed E-state index contributed by atoms with van der Waals surface area (Å²) in [7, 11) is 1.55. The molecule has 0 bridgehead atoms. The molecule has 0 atom stereocenters. The predicted octanol–water partition coefficient (Wildman–Crippen LogP) is 5.15. The molecule has 2 heterocycles. The number of methoxy groups -OCH3 is 1. The minimum Gasteiger partial charge on any atom is -0.495 e. The molecule has 0 aliphatic rings. The van der Waals surface area contributed by atoms with Crippen LogP contribution in [0.3, 0.4) is 0 Å². The lowest BCUT2D eigenvalue weighted by Crippen LogP contribution is -2.16. The van der Waals surface area contributed by atoms with E-state index < -0.39 is 29.0 Å². The molecular weight excluding hydrogens is 461 g/mol. The first-order chi connectivity index (χ1) is 15.5. The Kier molecular flexibility index (Phi) is 6.47. The van der Waals surface area contributed by atoms with E-state index in [1.807, 2.05) is 35.7 Å². The van der Waals surface area contributed by atoms with Gasteiger partial charge in [-0.3, -0.25) is 9.36 Å². The number of ether oxygens (including phenoxy) is 1. The van der Waals surface area contributed by atoms with Crippen molar-refractivity contribution >= 4 is 34.7 Å². The van der Waals surface area contributed by atoms with Crippen molar-refractivity contribution in [1.29, 1.82) is 0 Å². The standard InChI is InChI=1S/C21H15F3N4O2S2/c1-30-15-6-3-2-5-14(15)28-20(16-7-4-10-31-16)26-27-21(28)32-11-17(29)25-13-9-8-12(22)18(23)19(13)24/h2-10H,11H2,1H3,(H,25,29). The van der Waals surface area contributed by atoms with E-state index in [0.717, 1.165) is 28.8 Å². The fourth-order valence-corrected chi connectivity index (χ4v) is 4.34. The molecule has 2 aromatic heterocycles. The van der Waals surface area contributed by atoms with Crippen molar-refractivity contribution in [3.8, 4) is 22.1 Å². The van der Waals surface area contributed by atoms with Gasteiger partial charge in [-0.05, 0) is 35.7 Å². The fourth-order valence-electron chi connectivity index (χ4n) is 2.90. The molecule has 2 aromatic carbocycles. The molecule has 164 valence electrons. The van der Waals surface area contributed by atoms with Gasteiger partial charge in [0, 0.05) is 0 Å². The van der Waals surface area contributed by atoms with Crippen molar-refractivity contribution in [2.24, 2.45) is 0 Å². The largest absolute Gasteiger partial charge is 0.495 e. The van der Waals surface area contributed by atoms with Gasteiger partial charge in [0.15, 0.2) is 28.4 Å². The third kappa shape index (κ3) is 4.34. The van der Waals surface area contributed by atoms with Crippen LogP contribution in [0, 0.1) is 17.5 Å². The topological polar surface area (TPSA) is 69.0 Å². The highest BCUT2D eigenvalue weighted by Crippen LogP contribution is 2.34. The molecule has 0 spiro atoms. The zero-order valence-corrected chi connectivity index (χ0v) is 18.1. The minimum atomic E-state index is -1.65. The van der Waals surface area contributed by atoms with Gasteiger partial charge < -0.3 is 10.1 Å². The number of thioether (sulfide) groups is 1. The Morgan fingerprint density at radius 3 is 2.66 bits per heavy atom. The van der Waals surface area contributed by atoms with Crippen LogP contribution in [0.2, 0.25) is 0 Å². The molecule has 0 unspecified atom stereocenters. The lowest BCUT2D eigenvalue weighted by atomic mass is 10.3. The van der Waals surface area contributed by atoms with Crippen LogP contribution in [0.25, 0.3) is 16.4 Å². The van der Waals surface area contributed by atoms with Crippen molar-refractivity contribution in [1.82, 2.24) is 14.8 Å². The highest BCUT2D eigenvalue weighted by atomic mass is 32.2. The monoisotopic (exact) mass is 476 g/mol. The molecule has 0 aliphatic carbocycles. The first-order valence-corrected chi connectivity index (χ1v) is 11.0. The van der Waals surface area contributed by atoms with Crippen LogP contribution in [-0.2, 0) is 4.79 Å². The number of nitrogens with one attached hydrogen (secondary N) is 1. The van der Waals surface area contributed by atoms with Crippen molar-refractivity contribution in [2.75, 3.05) is 18.2 Å². The van der Waals surface area contributed by atoms with Crippen molar-refractivity contribution in [2.45, 2.75) is 5.16 Å². The summed E-state index contributed by atoms with van der Waals surface area (Å²) in [5.74, 6) is -4.07. The van der Waals surface area contributed by atoms with E-state index in [0.29, 0.717) is 22.4 Å². The third-order valence-corrected chi connectivity index (χ3v) is 6.14. The number of hydrogen-bond acceptors (Lipinski definition) is 6. The van der Waals surface area contributed by atoms with Crippen LogP contribution in [0.4, 0.5) is 18.9 Å². The summed E-state index contributed by atoms with van der Waals surface area (Å²) in [5.41, 5.74) is 0.234. The molecule has 1 N–H and O–H groups in total. The number of hydrogen-bond donors (Lipinski definition) is 1. The first kappa shape index (κ1) is 21.9. The molecule has 0 fully saturated rings. The molecule has 4 rings (SSSR count). The Hall–Kier alpha value is -3.31. The zero-order chi connectivity index (χ0) is 22.7.